The Hall–Kier alpha value is -2.85. The summed E-state index contributed by atoms with van der Waals surface area (Å²) in [5.41, 5.74) is 1.57. The van der Waals surface area contributed by atoms with Gasteiger partial charge in [-0.15, -0.1) is 21.5 Å². The Morgan fingerprint density at radius 3 is 2.74 bits per heavy atom. The molecular weight excluding hydrogens is 472 g/mol. The zero-order valence-electron chi connectivity index (χ0n) is 19.3. The number of carbonyl (C=O) groups excluding carboxylic acids is 2. The molecule has 1 N–H and O–H groups in total. The summed E-state index contributed by atoms with van der Waals surface area (Å²) >= 11 is 2.79. The molecule has 0 fully saturated rings. The van der Waals surface area contributed by atoms with E-state index in [4.69, 9.17) is 9.47 Å². The lowest BCUT2D eigenvalue weighted by Gasteiger charge is -2.09. The number of rotatable bonds is 9. The summed E-state index contributed by atoms with van der Waals surface area (Å²) in [6.07, 6.45) is 5.07. The molecule has 2 aromatic heterocycles. The number of nitrogens with zero attached hydrogens (tertiary/aromatic N) is 3. The van der Waals surface area contributed by atoms with Crippen LogP contribution in [0.5, 0.6) is 5.75 Å². The van der Waals surface area contributed by atoms with Gasteiger partial charge in [-0.3, -0.25) is 4.79 Å². The summed E-state index contributed by atoms with van der Waals surface area (Å²) in [7, 11) is 1.85. The fraction of sp³-hybridized carbons (Fsp3) is 0.417. The molecule has 180 valence electrons. The number of aromatic nitrogens is 3. The van der Waals surface area contributed by atoms with Gasteiger partial charge in [-0.05, 0) is 50.3 Å². The summed E-state index contributed by atoms with van der Waals surface area (Å²) < 4.78 is 12.9. The van der Waals surface area contributed by atoms with Crippen molar-refractivity contribution in [3.8, 4) is 5.75 Å². The first-order valence-electron chi connectivity index (χ1n) is 11.4. The SMILES string of the molecule is CCOC(=O)c1c(NC(=O)CSc2nnc(COc3ccccc3)n2C)sc2c1CCCCC2. The van der Waals surface area contributed by atoms with Crippen molar-refractivity contribution in [3.05, 3.63) is 52.2 Å². The zero-order chi connectivity index (χ0) is 23.9. The Labute approximate surface area is 207 Å². The van der Waals surface area contributed by atoms with Gasteiger partial charge >= 0.3 is 5.97 Å². The van der Waals surface area contributed by atoms with Crippen molar-refractivity contribution in [1.82, 2.24) is 14.8 Å². The van der Waals surface area contributed by atoms with E-state index in [-0.39, 0.29) is 24.2 Å². The Balaban J connectivity index is 1.39. The standard InChI is InChI=1S/C24H28N4O4S2/c1-3-31-23(30)21-17-12-8-5-9-13-18(17)34-22(21)25-20(29)15-33-24-27-26-19(28(24)2)14-32-16-10-6-4-7-11-16/h4,6-7,10-11H,3,5,8-9,12-15H2,1-2H3,(H,25,29). The second-order valence-corrected chi connectivity index (χ2v) is 9.93. The van der Waals surface area contributed by atoms with Crippen molar-refractivity contribution in [1.29, 1.82) is 0 Å². The molecule has 0 radical (unpaired) electrons. The molecule has 0 spiro atoms. The average molecular weight is 501 g/mol. The molecule has 8 nitrogen and oxygen atoms in total. The molecule has 0 bridgehead atoms. The Kier molecular flexibility index (Phi) is 8.23. The van der Waals surface area contributed by atoms with E-state index in [9.17, 15) is 9.59 Å². The molecule has 0 aliphatic heterocycles. The van der Waals surface area contributed by atoms with Crippen molar-refractivity contribution in [2.75, 3.05) is 17.7 Å². The number of esters is 1. The highest BCUT2D eigenvalue weighted by Gasteiger charge is 2.26. The maximum Gasteiger partial charge on any atom is 0.341 e. The van der Waals surface area contributed by atoms with Gasteiger partial charge in [0.2, 0.25) is 5.91 Å². The monoisotopic (exact) mass is 500 g/mol. The van der Waals surface area contributed by atoms with Gasteiger partial charge in [-0.2, -0.15) is 0 Å². The first-order valence-corrected chi connectivity index (χ1v) is 13.2. The molecule has 1 aromatic carbocycles. The minimum atomic E-state index is -0.360. The van der Waals surface area contributed by atoms with Crippen LogP contribution < -0.4 is 10.1 Å². The van der Waals surface area contributed by atoms with Crippen LogP contribution in [0, 0.1) is 0 Å². The third kappa shape index (κ3) is 5.79. The summed E-state index contributed by atoms with van der Waals surface area (Å²) in [6.45, 7) is 2.37. The molecule has 0 saturated carbocycles. The van der Waals surface area contributed by atoms with Crippen LogP contribution in [0.1, 0.15) is 52.8 Å². The number of ether oxygens (including phenoxy) is 2. The predicted molar refractivity (Wildman–Crippen MR) is 133 cm³/mol. The number of hydrogen-bond acceptors (Lipinski definition) is 8. The number of carbonyl (C=O) groups is 2. The molecule has 3 aromatic rings. The first kappa shape index (κ1) is 24.3. The van der Waals surface area contributed by atoms with Crippen LogP contribution >= 0.6 is 23.1 Å². The number of hydrogen-bond donors (Lipinski definition) is 1. The van der Waals surface area contributed by atoms with E-state index in [1.54, 1.807) is 6.92 Å². The van der Waals surface area contributed by atoms with Crippen LogP contribution in [-0.4, -0.2) is 39.0 Å². The number of thiophene rings is 1. The molecule has 0 saturated heterocycles. The number of fused-ring (bicyclic) bond motifs is 1. The number of aryl methyl sites for hydroxylation is 1. The number of amides is 1. The second-order valence-electron chi connectivity index (χ2n) is 7.89. The number of benzene rings is 1. The number of nitrogens with one attached hydrogen (secondary N) is 1. The lowest BCUT2D eigenvalue weighted by Crippen LogP contribution is -2.17. The zero-order valence-corrected chi connectivity index (χ0v) is 21.0. The predicted octanol–water partition coefficient (Wildman–Crippen LogP) is 4.63. The fourth-order valence-corrected chi connectivity index (χ4v) is 5.83. The number of thioether (sulfide) groups is 1. The third-order valence-electron chi connectivity index (χ3n) is 5.52. The molecule has 1 aliphatic rings. The molecule has 10 heteroatoms. The smallest absolute Gasteiger partial charge is 0.341 e. The molecule has 1 amide bonds. The molecule has 0 atom stereocenters. The van der Waals surface area contributed by atoms with Gasteiger partial charge in [0.15, 0.2) is 11.0 Å². The van der Waals surface area contributed by atoms with Crippen molar-refractivity contribution < 1.29 is 19.1 Å². The first-order chi connectivity index (χ1) is 16.6. The lowest BCUT2D eigenvalue weighted by molar-refractivity contribution is -0.113. The summed E-state index contributed by atoms with van der Waals surface area (Å²) in [5.74, 6) is 1.01. The minimum absolute atomic E-state index is 0.149. The molecule has 4 rings (SSSR count). The van der Waals surface area contributed by atoms with Gasteiger partial charge in [0.05, 0.1) is 17.9 Å². The number of para-hydroxylation sites is 1. The second kappa shape index (κ2) is 11.5. The van der Waals surface area contributed by atoms with Crippen LogP contribution in [0.4, 0.5) is 5.00 Å². The van der Waals surface area contributed by atoms with Gasteiger partial charge in [-0.25, -0.2) is 4.79 Å². The highest BCUT2D eigenvalue weighted by atomic mass is 32.2. The normalized spacial score (nSPS) is 13.1. The highest BCUT2D eigenvalue weighted by Crippen LogP contribution is 2.38. The average Bonchev–Trinajstić information content (AvgIpc) is 3.27. The third-order valence-corrected chi connectivity index (χ3v) is 7.75. The van der Waals surface area contributed by atoms with E-state index in [2.05, 4.69) is 15.5 Å². The van der Waals surface area contributed by atoms with E-state index in [0.29, 0.717) is 28.2 Å². The highest BCUT2D eigenvalue weighted by molar-refractivity contribution is 7.99. The fourth-order valence-electron chi connectivity index (χ4n) is 3.80. The van der Waals surface area contributed by atoms with E-state index in [0.717, 1.165) is 43.4 Å². The Bertz CT molecular complexity index is 1140. The van der Waals surface area contributed by atoms with Crippen LogP contribution in [-0.2, 0) is 36.0 Å². The van der Waals surface area contributed by atoms with Crippen molar-refractivity contribution in [3.63, 3.8) is 0 Å². The Morgan fingerprint density at radius 2 is 1.94 bits per heavy atom. The molecule has 2 heterocycles. The van der Waals surface area contributed by atoms with Gasteiger partial charge in [-0.1, -0.05) is 36.4 Å². The molecule has 0 unspecified atom stereocenters. The number of anilines is 1. The molecule has 34 heavy (non-hydrogen) atoms. The topological polar surface area (TPSA) is 95.3 Å². The maximum atomic E-state index is 12.8. The van der Waals surface area contributed by atoms with E-state index >= 15 is 0 Å². The summed E-state index contributed by atoms with van der Waals surface area (Å²) in [6, 6.07) is 9.50. The summed E-state index contributed by atoms with van der Waals surface area (Å²) in [4.78, 5) is 26.6. The Morgan fingerprint density at radius 1 is 1.15 bits per heavy atom. The van der Waals surface area contributed by atoms with Gasteiger partial charge in [0.1, 0.15) is 17.4 Å². The van der Waals surface area contributed by atoms with Gasteiger partial charge in [0.25, 0.3) is 0 Å². The minimum Gasteiger partial charge on any atom is -0.486 e. The molecule has 1 aliphatic carbocycles. The maximum absolute atomic E-state index is 12.8. The van der Waals surface area contributed by atoms with Crippen LogP contribution in [0.25, 0.3) is 0 Å². The van der Waals surface area contributed by atoms with Gasteiger partial charge < -0.3 is 19.4 Å². The van der Waals surface area contributed by atoms with E-state index in [1.807, 2.05) is 41.9 Å². The van der Waals surface area contributed by atoms with E-state index in [1.165, 1.54) is 28.0 Å². The van der Waals surface area contributed by atoms with Crippen LogP contribution in [0.15, 0.2) is 35.5 Å². The quantitative estimate of drug-likeness (QED) is 0.260. The summed E-state index contributed by atoms with van der Waals surface area (Å²) in [5, 5.41) is 12.5. The lowest BCUT2D eigenvalue weighted by atomic mass is 10.1. The van der Waals surface area contributed by atoms with Crippen molar-refractivity contribution >= 4 is 40.0 Å². The van der Waals surface area contributed by atoms with Gasteiger partial charge in [0, 0.05) is 11.9 Å². The van der Waals surface area contributed by atoms with E-state index < -0.39 is 0 Å². The van der Waals surface area contributed by atoms with Crippen molar-refractivity contribution in [2.45, 2.75) is 50.8 Å². The van der Waals surface area contributed by atoms with Crippen LogP contribution in [0.3, 0.4) is 0 Å². The largest absolute Gasteiger partial charge is 0.486 e. The van der Waals surface area contributed by atoms with Crippen LogP contribution in [0.2, 0.25) is 0 Å². The van der Waals surface area contributed by atoms with Crippen molar-refractivity contribution in [2.24, 2.45) is 7.05 Å². The molecular formula is C24H28N4O4S2.